The minimum Gasteiger partial charge on any atom is -0.419 e. The second-order valence-electron chi connectivity index (χ2n) is 3.29. The predicted octanol–water partition coefficient (Wildman–Crippen LogP) is 2.76. The minimum absolute atomic E-state index is 0.0942. The van der Waals surface area contributed by atoms with Crippen LogP contribution in [-0.2, 0) is 0 Å². The molecule has 0 aliphatic carbocycles. The quantitative estimate of drug-likeness (QED) is 0.381. The first-order valence-corrected chi connectivity index (χ1v) is 4.99. The summed E-state index contributed by atoms with van der Waals surface area (Å²) in [5.74, 6) is -0.240. The van der Waals surface area contributed by atoms with Gasteiger partial charge in [-0.25, -0.2) is 10.1 Å². The fourth-order valence-electron chi connectivity index (χ4n) is 1.34. The Hall–Kier alpha value is -2.33. The lowest BCUT2D eigenvalue weighted by atomic mass is 10.2. The van der Waals surface area contributed by atoms with Gasteiger partial charge in [-0.1, -0.05) is 30.3 Å². The van der Waals surface area contributed by atoms with Gasteiger partial charge in [0.25, 0.3) is 0 Å². The summed E-state index contributed by atoms with van der Waals surface area (Å²) >= 11 is 0. The smallest absolute Gasteiger partial charge is 0.343 e. The molecule has 2 rings (SSSR count). The van der Waals surface area contributed by atoms with E-state index in [1.807, 2.05) is 6.07 Å². The molecule has 0 fully saturated rings. The summed E-state index contributed by atoms with van der Waals surface area (Å²) < 4.78 is 5.10. The van der Waals surface area contributed by atoms with Gasteiger partial charge in [0.1, 0.15) is 0 Å². The molecule has 0 radical (unpaired) electrons. The Morgan fingerprint density at radius 3 is 2.12 bits per heavy atom. The van der Waals surface area contributed by atoms with Crippen molar-refractivity contribution in [3.05, 3.63) is 60.2 Å². The van der Waals surface area contributed by atoms with Crippen LogP contribution in [0.25, 0.3) is 0 Å². The molecule has 17 heavy (non-hydrogen) atoms. The van der Waals surface area contributed by atoms with Gasteiger partial charge in [-0.3, -0.25) is 0 Å². The Kier molecular flexibility index (Phi) is 3.37. The number of esters is 1. The van der Waals surface area contributed by atoms with Crippen LogP contribution < -0.4 is 9.62 Å². The molecule has 0 heterocycles. The minimum atomic E-state index is -0.505. The molecular weight excluding hydrogens is 220 g/mol. The summed E-state index contributed by atoms with van der Waals surface area (Å²) in [6.45, 7) is 0. The van der Waals surface area contributed by atoms with Crippen molar-refractivity contribution in [1.82, 2.24) is 0 Å². The van der Waals surface area contributed by atoms with Crippen molar-refractivity contribution in [3.63, 3.8) is 0 Å². The molecule has 86 valence electrons. The lowest BCUT2D eigenvalue weighted by Gasteiger charge is -2.06. The van der Waals surface area contributed by atoms with Crippen LogP contribution in [0.5, 0.6) is 11.5 Å². The molecular formula is C13H10O4. The molecule has 0 unspecified atom stereocenters. The van der Waals surface area contributed by atoms with E-state index >= 15 is 0 Å². The fraction of sp³-hybridized carbons (Fsp3) is 0. The van der Waals surface area contributed by atoms with Gasteiger partial charge < -0.3 is 9.62 Å². The van der Waals surface area contributed by atoms with Crippen molar-refractivity contribution in [2.24, 2.45) is 0 Å². The number of carbonyl (C=O) groups is 1. The molecule has 0 aliphatic rings. The summed E-state index contributed by atoms with van der Waals surface area (Å²) in [6.07, 6.45) is 0. The molecule has 2 aromatic rings. The molecule has 0 saturated carbocycles. The molecule has 0 amide bonds. The summed E-state index contributed by atoms with van der Waals surface area (Å²) in [5.41, 5.74) is 0.431. The van der Waals surface area contributed by atoms with Crippen molar-refractivity contribution in [3.8, 4) is 11.5 Å². The maximum Gasteiger partial charge on any atom is 0.343 e. The van der Waals surface area contributed by atoms with Crippen molar-refractivity contribution in [1.29, 1.82) is 0 Å². The normalized spacial score (nSPS) is 9.71. The van der Waals surface area contributed by atoms with Crippen LogP contribution in [0, 0.1) is 0 Å². The van der Waals surface area contributed by atoms with E-state index in [9.17, 15) is 4.79 Å². The first-order valence-electron chi connectivity index (χ1n) is 4.99. The molecule has 0 aliphatic heterocycles. The van der Waals surface area contributed by atoms with Crippen LogP contribution in [0.1, 0.15) is 10.4 Å². The first kappa shape index (κ1) is 11.2. The van der Waals surface area contributed by atoms with Gasteiger partial charge in [-0.2, -0.15) is 0 Å². The Labute approximate surface area is 98.0 Å². The Bertz CT molecular complexity index is 508. The van der Waals surface area contributed by atoms with E-state index in [1.54, 1.807) is 36.4 Å². The fourth-order valence-corrected chi connectivity index (χ4v) is 1.34. The monoisotopic (exact) mass is 230 g/mol. The van der Waals surface area contributed by atoms with E-state index in [4.69, 9.17) is 9.99 Å². The Morgan fingerprint density at radius 1 is 0.882 bits per heavy atom. The van der Waals surface area contributed by atoms with E-state index < -0.39 is 5.97 Å². The third-order valence-corrected chi connectivity index (χ3v) is 2.16. The first-order chi connectivity index (χ1) is 8.31. The molecule has 4 nitrogen and oxygen atoms in total. The van der Waals surface area contributed by atoms with Crippen LogP contribution in [0.15, 0.2) is 54.6 Å². The maximum absolute atomic E-state index is 11.7. The van der Waals surface area contributed by atoms with Gasteiger partial charge in [-0.05, 0) is 24.3 Å². The number of rotatable bonds is 3. The zero-order valence-electron chi connectivity index (χ0n) is 8.87. The van der Waals surface area contributed by atoms with E-state index in [0.29, 0.717) is 5.56 Å². The Balaban J connectivity index is 2.19. The highest BCUT2D eigenvalue weighted by Crippen LogP contribution is 2.26. The summed E-state index contributed by atoms with van der Waals surface area (Å²) in [4.78, 5) is 15.8. The second kappa shape index (κ2) is 5.14. The average Bonchev–Trinajstić information content (AvgIpc) is 2.40. The summed E-state index contributed by atoms with van der Waals surface area (Å²) in [6, 6.07) is 14.9. The molecule has 0 aromatic heterocycles. The highest BCUT2D eigenvalue weighted by atomic mass is 17.1. The lowest BCUT2D eigenvalue weighted by Crippen LogP contribution is -2.08. The van der Waals surface area contributed by atoms with E-state index in [2.05, 4.69) is 4.89 Å². The van der Waals surface area contributed by atoms with Crippen molar-refractivity contribution in [2.45, 2.75) is 0 Å². The number of para-hydroxylation sites is 2. The molecule has 0 bridgehead atoms. The SMILES string of the molecule is O=C(Oc1ccccc1OO)c1ccccc1. The molecule has 1 N–H and O–H groups in total. The standard InChI is InChI=1S/C13H10O4/c14-13(10-6-2-1-3-7-10)16-11-8-4-5-9-12(11)17-15/h1-9,15H. The van der Waals surface area contributed by atoms with Gasteiger partial charge in [0.05, 0.1) is 5.56 Å². The number of hydrogen-bond acceptors (Lipinski definition) is 4. The van der Waals surface area contributed by atoms with E-state index in [1.165, 1.54) is 12.1 Å². The zero-order chi connectivity index (χ0) is 12.1. The average molecular weight is 230 g/mol. The molecule has 0 atom stereocenters. The zero-order valence-corrected chi connectivity index (χ0v) is 8.87. The van der Waals surface area contributed by atoms with Gasteiger partial charge in [0, 0.05) is 0 Å². The highest BCUT2D eigenvalue weighted by Gasteiger charge is 2.11. The topological polar surface area (TPSA) is 55.8 Å². The second-order valence-corrected chi connectivity index (χ2v) is 3.29. The number of hydrogen-bond donors (Lipinski definition) is 1. The van der Waals surface area contributed by atoms with Crippen molar-refractivity contribution < 1.29 is 19.7 Å². The van der Waals surface area contributed by atoms with Gasteiger partial charge in [0.15, 0.2) is 5.75 Å². The van der Waals surface area contributed by atoms with Gasteiger partial charge >= 0.3 is 5.97 Å². The third kappa shape index (κ3) is 2.62. The largest absolute Gasteiger partial charge is 0.419 e. The maximum atomic E-state index is 11.7. The lowest BCUT2D eigenvalue weighted by molar-refractivity contribution is -0.138. The number of benzene rings is 2. The van der Waals surface area contributed by atoms with Crippen LogP contribution in [0.3, 0.4) is 0 Å². The third-order valence-electron chi connectivity index (χ3n) is 2.16. The number of carbonyl (C=O) groups excluding carboxylic acids is 1. The molecule has 2 aromatic carbocycles. The van der Waals surface area contributed by atoms with E-state index in [-0.39, 0.29) is 11.5 Å². The highest BCUT2D eigenvalue weighted by molar-refractivity contribution is 5.91. The molecule has 0 spiro atoms. The molecule has 4 heteroatoms. The van der Waals surface area contributed by atoms with Crippen molar-refractivity contribution in [2.75, 3.05) is 0 Å². The summed E-state index contributed by atoms with van der Waals surface area (Å²) in [5, 5.41) is 8.61. The van der Waals surface area contributed by atoms with Crippen LogP contribution in [-0.4, -0.2) is 11.2 Å². The van der Waals surface area contributed by atoms with Crippen LogP contribution >= 0.6 is 0 Å². The van der Waals surface area contributed by atoms with Gasteiger partial charge in [0.2, 0.25) is 5.75 Å². The molecule has 0 saturated heterocycles. The van der Waals surface area contributed by atoms with Crippen LogP contribution in [0.2, 0.25) is 0 Å². The van der Waals surface area contributed by atoms with Crippen LogP contribution in [0.4, 0.5) is 0 Å². The van der Waals surface area contributed by atoms with Crippen molar-refractivity contribution >= 4 is 5.97 Å². The predicted molar refractivity (Wildman–Crippen MR) is 61.1 cm³/mol. The Morgan fingerprint density at radius 2 is 1.47 bits per heavy atom. The van der Waals surface area contributed by atoms with Gasteiger partial charge in [-0.15, -0.1) is 0 Å². The number of ether oxygens (including phenoxy) is 1. The summed E-state index contributed by atoms with van der Waals surface area (Å²) in [7, 11) is 0. The van der Waals surface area contributed by atoms with E-state index in [0.717, 1.165) is 0 Å².